The lowest BCUT2D eigenvalue weighted by molar-refractivity contribution is -0.385. The monoisotopic (exact) mass is 392 g/mol. The van der Waals surface area contributed by atoms with Crippen LogP contribution in [0.4, 0.5) is 11.5 Å². The maximum absolute atomic E-state index is 12.7. The predicted octanol–water partition coefficient (Wildman–Crippen LogP) is 3.23. The highest BCUT2D eigenvalue weighted by Gasteiger charge is 2.20. The molecule has 0 aliphatic heterocycles. The standard InChI is InChI=1S/C19H16N6O4/c1-11-9-17(24(23-11)19-20-13-5-3-4-6-14(13)21-19)22-18(26)12-7-8-16(29-2)15(10-12)25(27)28/h3-10H,1-2H3,(H,20,21)(H,22,26). The van der Waals surface area contributed by atoms with Crippen LogP contribution in [0.2, 0.25) is 0 Å². The Balaban J connectivity index is 1.68. The summed E-state index contributed by atoms with van der Waals surface area (Å²) in [7, 11) is 1.33. The van der Waals surface area contributed by atoms with E-state index in [0.717, 1.165) is 11.0 Å². The number of rotatable bonds is 5. The molecule has 0 radical (unpaired) electrons. The van der Waals surface area contributed by atoms with E-state index < -0.39 is 10.8 Å². The van der Waals surface area contributed by atoms with Crippen molar-refractivity contribution in [2.24, 2.45) is 0 Å². The maximum atomic E-state index is 12.7. The van der Waals surface area contributed by atoms with E-state index in [0.29, 0.717) is 17.5 Å². The predicted molar refractivity (Wildman–Crippen MR) is 106 cm³/mol. The molecule has 0 saturated carbocycles. The Morgan fingerprint density at radius 1 is 1.24 bits per heavy atom. The zero-order valence-electron chi connectivity index (χ0n) is 15.5. The average Bonchev–Trinajstić information content (AvgIpc) is 3.30. The lowest BCUT2D eigenvalue weighted by atomic mass is 10.1. The zero-order valence-corrected chi connectivity index (χ0v) is 15.5. The number of fused-ring (bicyclic) bond motifs is 1. The summed E-state index contributed by atoms with van der Waals surface area (Å²) in [6, 6.07) is 13.2. The summed E-state index contributed by atoms with van der Waals surface area (Å²) in [5.74, 6) is 0.378. The molecule has 10 heteroatoms. The van der Waals surface area contributed by atoms with Gasteiger partial charge in [-0.05, 0) is 31.2 Å². The molecule has 2 aromatic heterocycles. The van der Waals surface area contributed by atoms with Crippen molar-refractivity contribution in [2.45, 2.75) is 6.92 Å². The van der Waals surface area contributed by atoms with Crippen LogP contribution in [0.5, 0.6) is 5.75 Å². The molecule has 4 aromatic rings. The van der Waals surface area contributed by atoms with Gasteiger partial charge in [-0.3, -0.25) is 14.9 Å². The molecular formula is C19H16N6O4. The van der Waals surface area contributed by atoms with E-state index in [1.165, 1.54) is 30.0 Å². The minimum atomic E-state index is -0.599. The smallest absolute Gasteiger partial charge is 0.311 e. The van der Waals surface area contributed by atoms with E-state index in [4.69, 9.17) is 4.74 Å². The zero-order chi connectivity index (χ0) is 20.5. The minimum absolute atomic E-state index is 0.0784. The first kappa shape index (κ1) is 18.2. The van der Waals surface area contributed by atoms with Gasteiger partial charge in [0.25, 0.3) is 5.91 Å². The molecule has 0 aliphatic carbocycles. The van der Waals surface area contributed by atoms with Crippen LogP contribution in [0.3, 0.4) is 0 Å². The molecule has 0 fully saturated rings. The highest BCUT2D eigenvalue weighted by Crippen LogP contribution is 2.28. The molecule has 0 unspecified atom stereocenters. The number of nitro groups is 1. The van der Waals surface area contributed by atoms with E-state index in [1.807, 2.05) is 24.3 Å². The Kier molecular flexibility index (Phi) is 4.43. The van der Waals surface area contributed by atoms with Gasteiger partial charge in [-0.25, -0.2) is 4.98 Å². The molecule has 2 N–H and O–H groups in total. The molecule has 146 valence electrons. The van der Waals surface area contributed by atoms with Gasteiger partial charge in [0.15, 0.2) is 5.75 Å². The summed E-state index contributed by atoms with van der Waals surface area (Å²) in [4.78, 5) is 31.0. The van der Waals surface area contributed by atoms with Gasteiger partial charge in [0.1, 0.15) is 5.82 Å². The van der Waals surface area contributed by atoms with Crippen LogP contribution in [-0.2, 0) is 0 Å². The van der Waals surface area contributed by atoms with E-state index in [1.54, 1.807) is 13.0 Å². The maximum Gasteiger partial charge on any atom is 0.311 e. The van der Waals surface area contributed by atoms with Crippen molar-refractivity contribution in [3.05, 3.63) is 69.9 Å². The molecule has 10 nitrogen and oxygen atoms in total. The molecule has 1 amide bonds. The van der Waals surface area contributed by atoms with Crippen LogP contribution < -0.4 is 10.1 Å². The molecule has 0 spiro atoms. The summed E-state index contributed by atoms with van der Waals surface area (Å²) in [6.45, 7) is 1.78. The summed E-state index contributed by atoms with van der Waals surface area (Å²) in [5.41, 5.74) is 2.09. The fourth-order valence-electron chi connectivity index (χ4n) is 2.95. The van der Waals surface area contributed by atoms with Crippen molar-refractivity contribution in [1.29, 1.82) is 0 Å². The third-order valence-corrected chi connectivity index (χ3v) is 4.29. The Labute approximate surface area is 164 Å². The Hall–Kier alpha value is -4.21. The second-order valence-corrected chi connectivity index (χ2v) is 6.26. The highest BCUT2D eigenvalue weighted by molar-refractivity contribution is 6.04. The second-order valence-electron chi connectivity index (χ2n) is 6.26. The molecule has 2 heterocycles. The fraction of sp³-hybridized carbons (Fsp3) is 0.105. The number of H-pyrrole nitrogens is 1. The normalized spacial score (nSPS) is 10.8. The number of nitro benzene ring substituents is 1. The van der Waals surface area contributed by atoms with Gasteiger partial charge in [0.2, 0.25) is 5.95 Å². The van der Waals surface area contributed by atoms with Crippen LogP contribution in [-0.4, -0.2) is 37.7 Å². The van der Waals surface area contributed by atoms with Crippen molar-refractivity contribution in [1.82, 2.24) is 19.7 Å². The van der Waals surface area contributed by atoms with Gasteiger partial charge in [-0.2, -0.15) is 9.78 Å². The molecule has 0 saturated heterocycles. The number of benzene rings is 2. The van der Waals surface area contributed by atoms with Gasteiger partial charge in [-0.1, -0.05) is 12.1 Å². The number of carbonyl (C=O) groups excluding carboxylic acids is 1. The van der Waals surface area contributed by atoms with Crippen LogP contribution in [0, 0.1) is 17.0 Å². The summed E-state index contributed by atoms with van der Waals surface area (Å²) < 4.78 is 6.45. The molecule has 0 aliphatic rings. The highest BCUT2D eigenvalue weighted by atomic mass is 16.6. The molecule has 0 atom stereocenters. The molecule has 0 bridgehead atoms. The largest absolute Gasteiger partial charge is 0.490 e. The number of nitrogens with zero attached hydrogens (tertiary/aromatic N) is 4. The van der Waals surface area contributed by atoms with Gasteiger partial charge >= 0.3 is 5.69 Å². The number of anilines is 1. The number of methoxy groups -OCH3 is 1. The lowest BCUT2D eigenvalue weighted by Crippen LogP contribution is -2.16. The second kappa shape index (κ2) is 7.08. The van der Waals surface area contributed by atoms with Gasteiger partial charge < -0.3 is 15.0 Å². The number of aryl methyl sites for hydroxylation is 1. The number of hydrogen-bond donors (Lipinski definition) is 2. The average molecular weight is 392 g/mol. The summed E-state index contributed by atoms with van der Waals surface area (Å²) >= 11 is 0. The molecular weight excluding hydrogens is 376 g/mol. The number of nitrogens with one attached hydrogen (secondary N) is 2. The third kappa shape index (κ3) is 3.38. The molecule has 2 aromatic carbocycles. The summed E-state index contributed by atoms with van der Waals surface area (Å²) in [6.07, 6.45) is 0. The van der Waals surface area contributed by atoms with Crippen LogP contribution in [0.15, 0.2) is 48.5 Å². The first-order valence-corrected chi connectivity index (χ1v) is 8.62. The lowest BCUT2D eigenvalue weighted by Gasteiger charge is -2.08. The molecule has 4 rings (SSSR count). The van der Waals surface area contributed by atoms with Crippen molar-refractivity contribution in [3.8, 4) is 11.7 Å². The van der Waals surface area contributed by atoms with Crippen molar-refractivity contribution in [2.75, 3.05) is 12.4 Å². The van der Waals surface area contributed by atoms with Crippen molar-refractivity contribution < 1.29 is 14.5 Å². The van der Waals surface area contributed by atoms with Crippen LogP contribution in [0.25, 0.3) is 17.0 Å². The Morgan fingerprint density at radius 2 is 2.03 bits per heavy atom. The molecule has 29 heavy (non-hydrogen) atoms. The number of carbonyl (C=O) groups is 1. The van der Waals surface area contributed by atoms with E-state index in [-0.39, 0.29) is 17.0 Å². The third-order valence-electron chi connectivity index (χ3n) is 4.29. The topological polar surface area (TPSA) is 128 Å². The van der Waals surface area contributed by atoms with E-state index >= 15 is 0 Å². The Bertz CT molecular complexity index is 1210. The number of aromatic nitrogens is 4. The number of imidazole rings is 1. The number of hydrogen-bond acceptors (Lipinski definition) is 6. The Morgan fingerprint density at radius 3 is 2.76 bits per heavy atom. The first-order chi connectivity index (χ1) is 14.0. The number of para-hydroxylation sites is 2. The fourth-order valence-corrected chi connectivity index (χ4v) is 2.95. The van der Waals surface area contributed by atoms with Crippen molar-refractivity contribution >= 4 is 28.4 Å². The van der Waals surface area contributed by atoms with Crippen LogP contribution >= 0.6 is 0 Å². The van der Waals surface area contributed by atoms with Gasteiger partial charge in [-0.15, -0.1) is 0 Å². The minimum Gasteiger partial charge on any atom is -0.490 e. The van der Waals surface area contributed by atoms with E-state index in [9.17, 15) is 14.9 Å². The van der Waals surface area contributed by atoms with E-state index in [2.05, 4.69) is 20.4 Å². The number of amides is 1. The van der Waals surface area contributed by atoms with Gasteiger partial charge in [0, 0.05) is 17.7 Å². The number of aromatic amines is 1. The quantitative estimate of drug-likeness (QED) is 0.396. The van der Waals surface area contributed by atoms with Gasteiger partial charge in [0.05, 0.1) is 28.8 Å². The van der Waals surface area contributed by atoms with Crippen LogP contribution in [0.1, 0.15) is 16.1 Å². The first-order valence-electron chi connectivity index (χ1n) is 8.62. The SMILES string of the molecule is COc1ccc(C(=O)Nc2cc(C)nn2-c2nc3ccccc3[nH]2)cc1[N+](=O)[O-]. The number of ether oxygens (including phenoxy) is 1. The van der Waals surface area contributed by atoms with Crippen molar-refractivity contribution in [3.63, 3.8) is 0 Å². The summed E-state index contributed by atoms with van der Waals surface area (Å²) in [5, 5.41) is 18.3.